The van der Waals surface area contributed by atoms with E-state index in [4.69, 9.17) is 11.6 Å². The van der Waals surface area contributed by atoms with Gasteiger partial charge in [0.2, 0.25) is 0 Å². The summed E-state index contributed by atoms with van der Waals surface area (Å²) in [6, 6.07) is 12.4. The van der Waals surface area contributed by atoms with Crippen LogP contribution in [0.1, 0.15) is 34.7 Å². The van der Waals surface area contributed by atoms with Gasteiger partial charge in [0.25, 0.3) is 5.91 Å². The topological polar surface area (TPSA) is 108 Å². The summed E-state index contributed by atoms with van der Waals surface area (Å²) < 4.78 is 1.57. The van der Waals surface area contributed by atoms with Gasteiger partial charge in [-0.25, -0.2) is 9.48 Å². The molecule has 0 bridgehead atoms. The van der Waals surface area contributed by atoms with Crippen LogP contribution in [0.5, 0.6) is 0 Å². The van der Waals surface area contributed by atoms with Crippen LogP contribution in [-0.4, -0.2) is 30.9 Å². The number of aromatic amines is 2. The number of nitrogens with one attached hydrogen (secondary N) is 3. The van der Waals surface area contributed by atoms with Gasteiger partial charge in [-0.2, -0.15) is 0 Å². The summed E-state index contributed by atoms with van der Waals surface area (Å²) >= 11 is 6.03. The highest BCUT2D eigenvalue weighted by Gasteiger charge is 2.20. The smallest absolute Gasteiger partial charge is 0.323 e. The molecule has 0 aliphatic heterocycles. The fourth-order valence-corrected chi connectivity index (χ4v) is 3.24. The SMILES string of the molecule is Cc1c(C(=O)NC(C)c2ccc3[nH]c(=O)[nH]c3c2)nnn1-c1cccc(Cl)c1. The molecule has 0 aliphatic carbocycles. The Kier molecular flexibility index (Phi) is 4.48. The summed E-state index contributed by atoms with van der Waals surface area (Å²) in [5, 5.41) is 11.6. The number of aromatic nitrogens is 5. The molecule has 1 amide bonds. The monoisotopic (exact) mass is 396 g/mol. The Hall–Kier alpha value is -3.39. The first-order valence-corrected chi connectivity index (χ1v) is 9.01. The van der Waals surface area contributed by atoms with Crippen LogP contribution < -0.4 is 11.0 Å². The van der Waals surface area contributed by atoms with Gasteiger partial charge in [-0.05, 0) is 49.7 Å². The number of nitrogens with zero attached hydrogens (tertiary/aromatic N) is 3. The number of carbonyl (C=O) groups excluding carboxylic acids is 1. The summed E-state index contributed by atoms with van der Waals surface area (Å²) in [4.78, 5) is 29.5. The van der Waals surface area contributed by atoms with Crippen molar-refractivity contribution in [1.82, 2.24) is 30.3 Å². The number of hydrogen-bond acceptors (Lipinski definition) is 4. The second kappa shape index (κ2) is 6.97. The third kappa shape index (κ3) is 3.29. The number of rotatable bonds is 4. The quantitative estimate of drug-likeness (QED) is 0.492. The standard InChI is InChI=1S/C19H17ClN6O2/c1-10(12-6-7-15-16(8-12)23-19(28)22-15)21-18(27)17-11(2)26(25-24-17)14-5-3-4-13(20)9-14/h3-10H,1-2H3,(H,21,27)(H2,22,23,28). The van der Waals surface area contributed by atoms with E-state index in [-0.39, 0.29) is 23.3 Å². The largest absolute Gasteiger partial charge is 0.344 e. The zero-order valence-electron chi connectivity index (χ0n) is 15.2. The van der Waals surface area contributed by atoms with Crippen LogP contribution in [0.2, 0.25) is 5.02 Å². The molecule has 142 valence electrons. The van der Waals surface area contributed by atoms with Crippen molar-refractivity contribution in [3.63, 3.8) is 0 Å². The van der Waals surface area contributed by atoms with Gasteiger partial charge in [0.1, 0.15) is 0 Å². The lowest BCUT2D eigenvalue weighted by atomic mass is 10.1. The molecule has 4 aromatic rings. The lowest BCUT2D eigenvalue weighted by Crippen LogP contribution is -2.27. The minimum Gasteiger partial charge on any atom is -0.344 e. The highest BCUT2D eigenvalue weighted by molar-refractivity contribution is 6.30. The maximum Gasteiger partial charge on any atom is 0.323 e. The van der Waals surface area contributed by atoms with Gasteiger partial charge in [0.15, 0.2) is 5.69 Å². The highest BCUT2D eigenvalue weighted by Crippen LogP contribution is 2.19. The maximum absolute atomic E-state index is 12.7. The summed E-state index contributed by atoms with van der Waals surface area (Å²) in [7, 11) is 0. The molecule has 0 radical (unpaired) electrons. The molecule has 0 saturated heterocycles. The number of carbonyl (C=O) groups is 1. The van der Waals surface area contributed by atoms with Crippen LogP contribution in [0.25, 0.3) is 16.7 Å². The van der Waals surface area contributed by atoms with Crippen LogP contribution in [0.15, 0.2) is 47.3 Å². The van der Waals surface area contributed by atoms with Gasteiger partial charge in [-0.1, -0.05) is 28.9 Å². The molecule has 1 atom stereocenters. The number of H-pyrrole nitrogens is 2. The third-order valence-corrected chi connectivity index (χ3v) is 4.79. The van der Waals surface area contributed by atoms with Crippen LogP contribution in [0.4, 0.5) is 0 Å². The Morgan fingerprint density at radius 1 is 1.18 bits per heavy atom. The zero-order chi connectivity index (χ0) is 19.8. The number of fused-ring (bicyclic) bond motifs is 1. The lowest BCUT2D eigenvalue weighted by molar-refractivity contribution is 0.0934. The van der Waals surface area contributed by atoms with E-state index in [0.29, 0.717) is 21.7 Å². The van der Waals surface area contributed by atoms with Gasteiger partial charge in [-0.3, -0.25) is 4.79 Å². The molecule has 9 heteroatoms. The minimum atomic E-state index is -0.332. The Bertz CT molecular complexity index is 1240. The first-order valence-electron chi connectivity index (χ1n) is 8.63. The van der Waals surface area contributed by atoms with Crippen molar-refractivity contribution in [1.29, 1.82) is 0 Å². The van der Waals surface area contributed by atoms with Crippen molar-refractivity contribution in [3.05, 3.63) is 74.9 Å². The van der Waals surface area contributed by atoms with E-state index in [9.17, 15) is 9.59 Å². The number of amides is 1. The Labute approximate surface area is 164 Å². The molecular weight excluding hydrogens is 380 g/mol. The van der Waals surface area contributed by atoms with Crippen LogP contribution in [-0.2, 0) is 0 Å². The first-order chi connectivity index (χ1) is 13.4. The molecular formula is C19H17ClN6O2. The molecule has 2 aromatic carbocycles. The summed E-state index contributed by atoms with van der Waals surface area (Å²) in [5.41, 5.74) is 3.57. The normalized spacial score (nSPS) is 12.2. The minimum absolute atomic E-state index is 0.239. The van der Waals surface area contributed by atoms with Gasteiger partial charge in [0.05, 0.1) is 28.5 Å². The Morgan fingerprint density at radius 3 is 2.75 bits per heavy atom. The van der Waals surface area contributed by atoms with Crippen molar-refractivity contribution in [3.8, 4) is 5.69 Å². The van der Waals surface area contributed by atoms with E-state index in [1.807, 2.05) is 31.2 Å². The average molecular weight is 397 g/mol. The molecule has 2 heterocycles. The van der Waals surface area contributed by atoms with Crippen LogP contribution >= 0.6 is 11.6 Å². The second-order valence-corrected chi connectivity index (χ2v) is 6.93. The highest BCUT2D eigenvalue weighted by atomic mass is 35.5. The molecule has 0 saturated carbocycles. The molecule has 3 N–H and O–H groups in total. The number of hydrogen-bond donors (Lipinski definition) is 3. The Balaban J connectivity index is 1.56. The Morgan fingerprint density at radius 2 is 1.96 bits per heavy atom. The maximum atomic E-state index is 12.7. The van der Waals surface area contributed by atoms with Crippen molar-refractivity contribution in [2.75, 3.05) is 0 Å². The number of benzene rings is 2. The lowest BCUT2D eigenvalue weighted by Gasteiger charge is -2.14. The van der Waals surface area contributed by atoms with Gasteiger partial charge >= 0.3 is 5.69 Å². The molecule has 1 unspecified atom stereocenters. The molecule has 0 aliphatic rings. The van der Waals surface area contributed by atoms with E-state index < -0.39 is 0 Å². The molecule has 0 fully saturated rings. The van der Waals surface area contributed by atoms with E-state index in [1.54, 1.807) is 29.8 Å². The molecule has 28 heavy (non-hydrogen) atoms. The van der Waals surface area contributed by atoms with Gasteiger partial charge in [-0.15, -0.1) is 5.10 Å². The number of imidazole rings is 1. The zero-order valence-corrected chi connectivity index (χ0v) is 15.9. The third-order valence-electron chi connectivity index (χ3n) is 4.55. The fraction of sp³-hybridized carbons (Fsp3) is 0.158. The van der Waals surface area contributed by atoms with Gasteiger partial charge in [0, 0.05) is 5.02 Å². The summed E-state index contributed by atoms with van der Waals surface area (Å²) in [5.74, 6) is -0.332. The van der Waals surface area contributed by atoms with Crippen molar-refractivity contribution >= 4 is 28.5 Å². The summed E-state index contributed by atoms with van der Waals surface area (Å²) in [6.45, 7) is 3.64. The predicted molar refractivity (Wildman–Crippen MR) is 106 cm³/mol. The van der Waals surface area contributed by atoms with E-state index in [1.165, 1.54) is 0 Å². The molecule has 8 nitrogen and oxygen atoms in total. The number of halogens is 1. The van der Waals surface area contributed by atoms with Gasteiger partial charge < -0.3 is 15.3 Å². The van der Waals surface area contributed by atoms with E-state index in [2.05, 4.69) is 25.6 Å². The summed E-state index contributed by atoms with van der Waals surface area (Å²) in [6.07, 6.45) is 0. The van der Waals surface area contributed by atoms with Crippen molar-refractivity contribution in [2.45, 2.75) is 19.9 Å². The van der Waals surface area contributed by atoms with Crippen LogP contribution in [0.3, 0.4) is 0 Å². The molecule has 4 rings (SSSR count). The van der Waals surface area contributed by atoms with Crippen molar-refractivity contribution in [2.24, 2.45) is 0 Å². The average Bonchev–Trinajstić information content (AvgIpc) is 3.22. The predicted octanol–water partition coefficient (Wildman–Crippen LogP) is 2.89. The van der Waals surface area contributed by atoms with E-state index >= 15 is 0 Å². The fourth-order valence-electron chi connectivity index (χ4n) is 3.06. The molecule has 0 spiro atoms. The van der Waals surface area contributed by atoms with E-state index in [0.717, 1.165) is 11.3 Å². The second-order valence-electron chi connectivity index (χ2n) is 6.49. The molecule has 2 aromatic heterocycles. The van der Waals surface area contributed by atoms with Crippen LogP contribution in [0, 0.1) is 6.92 Å². The first kappa shape index (κ1) is 18.0. The van der Waals surface area contributed by atoms with Crippen molar-refractivity contribution < 1.29 is 4.79 Å².